The average molecular weight is 384 g/mol. The van der Waals surface area contributed by atoms with Crippen molar-refractivity contribution in [2.75, 3.05) is 19.6 Å². The van der Waals surface area contributed by atoms with Crippen LogP contribution in [0.4, 0.5) is 0 Å². The molecule has 1 saturated heterocycles. The molecule has 1 aromatic carbocycles. The lowest BCUT2D eigenvalue weighted by Crippen LogP contribution is -2.47. The zero-order valence-corrected chi connectivity index (χ0v) is 17.9. The van der Waals surface area contributed by atoms with Crippen LogP contribution in [0.2, 0.25) is 0 Å². The summed E-state index contributed by atoms with van der Waals surface area (Å²) in [6, 6.07) is 9.20. The van der Waals surface area contributed by atoms with E-state index in [1.54, 1.807) is 0 Å². The summed E-state index contributed by atoms with van der Waals surface area (Å²) in [4.78, 5) is 16.8. The molecule has 3 atom stereocenters. The molecule has 148 valence electrons. The Morgan fingerprint density at radius 1 is 1.15 bits per heavy atom. The van der Waals surface area contributed by atoms with Gasteiger partial charge in [-0.25, -0.2) is 0 Å². The molecule has 26 heavy (non-hydrogen) atoms. The van der Waals surface area contributed by atoms with Crippen molar-refractivity contribution in [3.8, 4) is 0 Å². The molecule has 0 radical (unpaired) electrons. The highest BCUT2D eigenvalue weighted by Crippen LogP contribution is 2.23. The van der Waals surface area contributed by atoms with Gasteiger partial charge in [0.05, 0.1) is 12.2 Å². The third-order valence-corrected chi connectivity index (χ3v) is 4.47. The predicted octanol–water partition coefficient (Wildman–Crippen LogP) is 3.90. The molecule has 0 aliphatic carbocycles. The van der Waals surface area contributed by atoms with E-state index in [0.717, 1.165) is 19.5 Å². The summed E-state index contributed by atoms with van der Waals surface area (Å²) in [5.74, 6) is 0.679. The van der Waals surface area contributed by atoms with Crippen LogP contribution in [0.3, 0.4) is 0 Å². The van der Waals surface area contributed by atoms with Gasteiger partial charge in [0.15, 0.2) is 0 Å². The number of nitrogens with zero attached hydrogens (tertiary/aromatic N) is 1. The summed E-state index contributed by atoms with van der Waals surface area (Å²) in [5, 5.41) is 0. The van der Waals surface area contributed by atoms with Gasteiger partial charge in [-0.3, -0.25) is 4.90 Å². The fourth-order valence-electron chi connectivity index (χ4n) is 3.48. The summed E-state index contributed by atoms with van der Waals surface area (Å²) >= 11 is 0. The highest BCUT2D eigenvalue weighted by Gasteiger charge is 2.23. The van der Waals surface area contributed by atoms with E-state index >= 15 is 0 Å². The van der Waals surface area contributed by atoms with Crippen LogP contribution in [0.15, 0.2) is 24.3 Å². The molecule has 1 aliphatic rings. The van der Waals surface area contributed by atoms with E-state index in [1.807, 2.05) is 0 Å². The SMILES string of the molecule is CC(Cc1ccc(C(C)(C)C)cc1)CN1C[C@@H](C)O[C@@H](C)C1.O=[P+](O)O. The Bertz CT molecular complexity index is 542. The molecule has 1 unspecified atom stereocenters. The molecule has 0 saturated carbocycles. The van der Waals surface area contributed by atoms with E-state index in [9.17, 15) is 0 Å². The summed E-state index contributed by atoms with van der Waals surface area (Å²) in [6.07, 6.45) is 1.88. The van der Waals surface area contributed by atoms with Gasteiger partial charge in [-0.2, -0.15) is 0 Å². The van der Waals surface area contributed by atoms with Crippen molar-refractivity contribution < 1.29 is 19.1 Å². The molecule has 2 rings (SSSR count). The maximum absolute atomic E-state index is 8.70. The second-order valence-corrected chi connectivity index (χ2v) is 8.99. The first kappa shape index (κ1) is 23.2. The highest BCUT2D eigenvalue weighted by molar-refractivity contribution is 7.30. The Morgan fingerprint density at radius 2 is 1.62 bits per heavy atom. The van der Waals surface area contributed by atoms with Gasteiger partial charge in [0.25, 0.3) is 0 Å². The molecule has 1 aliphatic heterocycles. The molecule has 2 N–H and O–H groups in total. The van der Waals surface area contributed by atoms with Crippen molar-refractivity contribution in [3.05, 3.63) is 35.4 Å². The largest absolute Gasteiger partial charge is 0.692 e. The molecule has 0 spiro atoms. The maximum atomic E-state index is 8.70. The number of hydrogen-bond donors (Lipinski definition) is 2. The third-order valence-electron chi connectivity index (χ3n) is 4.47. The lowest BCUT2D eigenvalue weighted by molar-refractivity contribution is -0.0708. The molecule has 1 heterocycles. The Kier molecular flexibility index (Phi) is 9.35. The first-order chi connectivity index (χ1) is 12.0. The van der Waals surface area contributed by atoms with Gasteiger partial charge in [-0.05, 0) is 42.7 Å². The smallest absolute Gasteiger partial charge is 0.373 e. The van der Waals surface area contributed by atoms with Gasteiger partial charge in [0.2, 0.25) is 0 Å². The van der Waals surface area contributed by atoms with Crippen LogP contribution < -0.4 is 0 Å². The third kappa shape index (κ3) is 9.20. The van der Waals surface area contributed by atoms with E-state index in [-0.39, 0.29) is 5.41 Å². The predicted molar refractivity (Wildman–Crippen MR) is 107 cm³/mol. The van der Waals surface area contributed by atoms with E-state index in [0.29, 0.717) is 18.1 Å². The van der Waals surface area contributed by atoms with Gasteiger partial charge >= 0.3 is 8.25 Å². The van der Waals surface area contributed by atoms with Crippen molar-refractivity contribution >= 4 is 8.25 Å². The van der Waals surface area contributed by atoms with Gasteiger partial charge in [0, 0.05) is 24.2 Å². The molecule has 0 aromatic heterocycles. The first-order valence-corrected chi connectivity index (χ1v) is 10.5. The number of rotatable bonds is 4. The fraction of sp³-hybridized carbons (Fsp3) is 0.700. The zero-order chi connectivity index (χ0) is 19.9. The van der Waals surface area contributed by atoms with Gasteiger partial charge in [-0.1, -0.05) is 52.0 Å². The lowest BCUT2D eigenvalue weighted by Gasteiger charge is -2.36. The van der Waals surface area contributed by atoms with E-state index in [2.05, 4.69) is 70.7 Å². The van der Waals surface area contributed by atoms with Crippen molar-refractivity contribution in [2.24, 2.45) is 5.92 Å². The molecule has 1 aromatic rings. The van der Waals surface area contributed by atoms with Crippen molar-refractivity contribution in [1.82, 2.24) is 4.90 Å². The molecular weight excluding hydrogens is 349 g/mol. The lowest BCUT2D eigenvalue weighted by atomic mass is 9.86. The van der Waals surface area contributed by atoms with Gasteiger partial charge in [-0.15, -0.1) is 9.79 Å². The van der Waals surface area contributed by atoms with Crippen LogP contribution in [-0.2, 0) is 21.1 Å². The standard InChI is InChI=1S/C20H33NO.HO3P/c1-15(12-21-13-16(2)22-17(3)14-21)11-18-7-9-19(10-8-18)20(4,5)6;1-4(2)3/h7-10,15-17H,11-14H2,1-6H3;(H-,1,2,3)/p+1/t15?,16-,17+;. The van der Waals surface area contributed by atoms with E-state index in [1.165, 1.54) is 17.7 Å². The molecule has 0 bridgehead atoms. The second kappa shape index (κ2) is 10.5. The van der Waals surface area contributed by atoms with Crippen LogP contribution in [0.1, 0.15) is 52.7 Å². The zero-order valence-electron chi connectivity index (χ0n) is 17.0. The summed E-state index contributed by atoms with van der Waals surface area (Å²) in [6.45, 7) is 16.8. The summed E-state index contributed by atoms with van der Waals surface area (Å²) < 4.78 is 14.5. The molecule has 0 amide bonds. The minimum atomic E-state index is -2.87. The topological polar surface area (TPSA) is 70.0 Å². The second-order valence-electron chi connectivity index (χ2n) is 8.48. The van der Waals surface area contributed by atoms with Gasteiger partial charge < -0.3 is 4.74 Å². The highest BCUT2D eigenvalue weighted by atomic mass is 31.1. The monoisotopic (exact) mass is 384 g/mol. The minimum Gasteiger partial charge on any atom is -0.373 e. The average Bonchev–Trinajstić information content (AvgIpc) is 2.44. The number of ether oxygens (including phenoxy) is 1. The molecule has 5 nitrogen and oxygen atoms in total. The molecular formula is C20H35NO4P+. The number of morpholine rings is 1. The summed E-state index contributed by atoms with van der Waals surface area (Å²) in [7, 11) is -2.87. The van der Waals surface area contributed by atoms with Crippen molar-refractivity contribution in [2.45, 2.75) is 65.6 Å². The Morgan fingerprint density at radius 3 is 2.04 bits per heavy atom. The quantitative estimate of drug-likeness (QED) is 0.771. The Hall–Kier alpha value is -0.840. The maximum Gasteiger partial charge on any atom is 0.692 e. The van der Waals surface area contributed by atoms with E-state index in [4.69, 9.17) is 19.1 Å². The van der Waals surface area contributed by atoms with Crippen LogP contribution >= 0.6 is 8.25 Å². The van der Waals surface area contributed by atoms with Crippen LogP contribution in [0.25, 0.3) is 0 Å². The number of hydrogen-bond acceptors (Lipinski definition) is 3. The van der Waals surface area contributed by atoms with Crippen LogP contribution in [-0.4, -0.2) is 46.5 Å². The summed E-state index contributed by atoms with van der Waals surface area (Å²) in [5.41, 5.74) is 3.11. The first-order valence-electron chi connectivity index (χ1n) is 9.29. The molecule has 1 fully saturated rings. The minimum absolute atomic E-state index is 0.240. The molecule has 6 heteroatoms. The normalized spacial score (nSPS) is 22.3. The van der Waals surface area contributed by atoms with Crippen molar-refractivity contribution in [1.29, 1.82) is 0 Å². The number of benzene rings is 1. The van der Waals surface area contributed by atoms with Gasteiger partial charge in [0.1, 0.15) is 0 Å². The van der Waals surface area contributed by atoms with E-state index < -0.39 is 8.25 Å². The Labute approximate surface area is 159 Å². The Balaban J connectivity index is 0.000000765. The fourth-order valence-corrected chi connectivity index (χ4v) is 3.48. The van der Waals surface area contributed by atoms with Crippen LogP contribution in [0.5, 0.6) is 0 Å². The van der Waals surface area contributed by atoms with Crippen molar-refractivity contribution in [3.63, 3.8) is 0 Å². The van der Waals surface area contributed by atoms with Crippen LogP contribution in [0, 0.1) is 5.92 Å².